The molecule has 3 rings (SSSR count). The van der Waals surface area contributed by atoms with Crippen LogP contribution in [0.2, 0.25) is 0 Å². The predicted molar refractivity (Wildman–Crippen MR) is 83.0 cm³/mol. The van der Waals surface area contributed by atoms with E-state index in [1.54, 1.807) is 12.1 Å². The Morgan fingerprint density at radius 2 is 2.09 bits per heavy atom. The van der Waals surface area contributed by atoms with Crippen LogP contribution in [0, 0.1) is 0 Å². The zero-order valence-corrected chi connectivity index (χ0v) is 13.6. The number of fused-ring (bicyclic) bond motifs is 2. The Labute approximate surface area is 131 Å². The molecule has 1 aromatic rings. The molecule has 2 aliphatic rings. The Balaban J connectivity index is 1.90. The Bertz CT molecular complexity index is 685. The third-order valence-corrected chi connectivity index (χ3v) is 6.40. The summed E-state index contributed by atoms with van der Waals surface area (Å²) in [5.41, 5.74) is 0.594. The van der Waals surface area contributed by atoms with E-state index in [0.717, 1.165) is 12.0 Å². The standard InChI is InChI=1S/C16H21NO4S/c1-2-3-11-22(19,20)17-10-6-9-16(12-17)14-8-5-4-7-13(14)15(18)21-16/h4-5,7-8H,2-3,6,9-12H2,1H3. The molecule has 2 heterocycles. The molecule has 0 bridgehead atoms. The van der Waals surface area contributed by atoms with Gasteiger partial charge >= 0.3 is 5.97 Å². The molecular weight excluding hydrogens is 302 g/mol. The topological polar surface area (TPSA) is 63.7 Å². The van der Waals surface area contributed by atoms with Gasteiger partial charge in [-0.25, -0.2) is 13.2 Å². The molecule has 0 saturated carbocycles. The van der Waals surface area contributed by atoms with Crippen molar-refractivity contribution in [1.29, 1.82) is 0 Å². The van der Waals surface area contributed by atoms with E-state index in [0.29, 0.717) is 31.4 Å². The van der Waals surface area contributed by atoms with Crippen molar-refractivity contribution in [2.75, 3.05) is 18.8 Å². The Morgan fingerprint density at radius 1 is 1.32 bits per heavy atom. The van der Waals surface area contributed by atoms with Crippen molar-refractivity contribution in [2.24, 2.45) is 0 Å². The Morgan fingerprint density at radius 3 is 2.86 bits per heavy atom. The Hall–Kier alpha value is -1.40. The van der Waals surface area contributed by atoms with Crippen LogP contribution in [0.3, 0.4) is 0 Å². The summed E-state index contributed by atoms with van der Waals surface area (Å²) < 4.78 is 32.1. The molecule has 0 aliphatic carbocycles. The second-order valence-electron chi connectivity index (χ2n) is 6.04. The molecule has 1 atom stereocenters. The van der Waals surface area contributed by atoms with Crippen molar-refractivity contribution in [2.45, 2.75) is 38.2 Å². The fourth-order valence-electron chi connectivity index (χ4n) is 3.33. The van der Waals surface area contributed by atoms with Gasteiger partial charge in [0.25, 0.3) is 0 Å². The fraction of sp³-hybridized carbons (Fsp3) is 0.562. The van der Waals surface area contributed by atoms with Crippen LogP contribution in [0.5, 0.6) is 0 Å². The normalized spacial score (nSPS) is 25.2. The highest BCUT2D eigenvalue weighted by molar-refractivity contribution is 7.89. The summed E-state index contributed by atoms with van der Waals surface area (Å²) in [5, 5.41) is 0. The molecule has 6 heteroatoms. The highest BCUT2D eigenvalue weighted by atomic mass is 32.2. The van der Waals surface area contributed by atoms with Crippen molar-refractivity contribution >= 4 is 16.0 Å². The van der Waals surface area contributed by atoms with Crippen LogP contribution < -0.4 is 0 Å². The monoisotopic (exact) mass is 323 g/mol. The molecule has 120 valence electrons. The number of esters is 1. The van der Waals surface area contributed by atoms with Crippen LogP contribution in [-0.4, -0.2) is 37.5 Å². The largest absolute Gasteiger partial charge is 0.449 e. The van der Waals surface area contributed by atoms with Gasteiger partial charge in [-0.1, -0.05) is 31.5 Å². The summed E-state index contributed by atoms with van der Waals surface area (Å²) in [4.78, 5) is 12.1. The zero-order chi connectivity index (χ0) is 15.8. The number of sulfonamides is 1. The summed E-state index contributed by atoms with van der Waals surface area (Å²) in [6.07, 6.45) is 2.88. The maximum Gasteiger partial charge on any atom is 0.339 e. The summed E-state index contributed by atoms with van der Waals surface area (Å²) in [5.74, 6) is -0.182. The fourth-order valence-corrected chi connectivity index (χ4v) is 5.05. The van der Waals surface area contributed by atoms with Crippen LogP contribution in [-0.2, 0) is 20.4 Å². The van der Waals surface area contributed by atoms with E-state index < -0.39 is 15.6 Å². The Kier molecular flexibility index (Phi) is 3.99. The molecule has 2 aliphatic heterocycles. The van der Waals surface area contributed by atoms with Gasteiger partial charge in [0.05, 0.1) is 17.9 Å². The lowest BCUT2D eigenvalue weighted by Gasteiger charge is -2.38. The predicted octanol–water partition coefficient (Wildman–Crippen LogP) is 2.28. The molecular formula is C16H21NO4S. The number of carbonyl (C=O) groups excluding carboxylic acids is 1. The molecule has 1 saturated heterocycles. The molecule has 1 aromatic carbocycles. The first-order valence-electron chi connectivity index (χ1n) is 7.79. The molecule has 1 fully saturated rings. The first-order valence-corrected chi connectivity index (χ1v) is 9.40. The lowest BCUT2D eigenvalue weighted by atomic mass is 9.86. The van der Waals surface area contributed by atoms with Crippen molar-refractivity contribution in [3.63, 3.8) is 0 Å². The third kappa shape index (κ3) is 2.54. The van der Waals surface area contributed by atoms with Crippen LogP contribution in [0.25, 0.3) is 0 Å². The van der Waals surface area contributed by atoms with Gasteiger partial charge in [0.2, 0.25) is 10.0 Å². The highest BCUT2D eigenvalue weighted by Gasteiger charge is 2.49. The summed E-state index contributed by atoms with van der Waals surface area (Å²) >= 11 is 0. The average Bonchev–Trinajstić information content (AvgIpc) is 2.78. The van der Waals surface area contributed by atoms with Crippen LogP contribution in [0.4, 0.5) is 0 Å². The number of piperidine rings is 1. The van der Waals surface area contributed by atoms with Gasteiger partial charge in [0.1, 0.15) is 0 Å². The van der Waals surface area contributed by atoms with Gasteiger partial charge < -0.3 is 4.74 Å². The van der Waals surface area contributed by atoms with Crippen LogP contribution in [0.1, 0.15) is 48.5 Å². The lowest BCUT2D eigenvalue weighted by molar-refractivity contribution is -0.0345. The van der Waals surface area contributed by atoms with Crippen molar-refractivity contribution in [1.82, 2.24) is 4.31 Å². The second kappa shape index (κ2) is 5.66. The lowest BCUT2D eigenvalue weighted by Crippen LogP contribution is -2.49. The molecule has 0 amide bonds. The minimum Gasteiger partial charge on any atom is -0.449 e. The molecule has 0 aromatic heterocycles. The molecule has 1 unspecified atom stereocenters. The second-order valence-corrected chi connectivity index (χ2v) is 8.12. The maximum absolute atomic E-state index is 12.5. The van der Waals surface area contributed by atoms with E-state index in [-0.39, 0.29) is 18.3 Å². The first kappa shape index (κ1) is 15.5. The average molecular weight is 323 g/mol. The number of unbranched alkanes of at least 4 members (excludes halogenated alkanes) is 1. The molecule has 5 nitrogen and oxygen atoms in total. The molecule has 0 N–H and O–H groups in total. The number of ether oxygens (including phenoxy) is 1. The SMILES string of the molecule is CCCCS(=O)(=O)N1CCCC2(C1)OC(=O)c1ccccc12. The number of rotatable bonds is 4. The van der Waals surface area contributed by atoms with Gasteiger partial charge in [-0.2, -0.15) is 4.31 Å². The van der Waals surface area contributed by atoms with Gasteiger partial charge in [-0.3, -0.25) is 0 Å². The summed E-state index contributed by atoms with van der Waals surface area (Å²) in [7, 11) is -3.29. The smallest absolute Gasteiger partial charge is 0.339 e. The van der Waals surface area contributed by atoms with Crippen molar-refractivity contribution in [3.05, 3.63) is 35.4 Å². The quantitative estimate of drug-likeness (QED) is 0.798. The van der Waals surface area contributed by atoms with Gasteiger partial charge in [0, 0.05) is 12.1 Å². The number of carbonyl (C=O) groups is 1. The van der Waals surface area contributed by atoms with Crippen molar-refractivity contribution in [3.8, 4) is 0 Å². The number of benzene rings is 1. The van der Waals surface area contributed by atoms with E-state index in [1.165, 1.54) is 4.31 Å². The molecule has 0 radical (unpaired) electrons. The minimum absolute atomic E-state index is 0.162. The van der Waals surface area contributed by atoms with Crippen LogP contribution in [0.15, 0.2) is 24.3 Å². The van der Waals surface area contributed by atoms with Crippen LogP contribution >= 0.6 is 0 Å². The molecule has 22 heavy (non-hydrogen) atoms. The molecule has 1 spiro atoms. The number of hydrogen-bond donors (Lipinski definition) is 0. The van der Waals surface area contributed by atoms with Gasteiger partial charge in [0.15, 0.2) is 5.60 Å². The van der Waals surface area contributed by atoms with E-state index in [1.807, 2.05) is 19.1 Å². The summed E-state index contributed by atoms with van der Waals surface area (Å²) in [6, 6.07) is 7.30. The van der Waals surface area contributed by atoms with E-state index in [2.05, 4.69) is 0 Å². The zero-order valence-electron chi connectivity index (χ0n) is 12.7. The van der Waals surface area contributed by atoms with Gasteiger partial charge in [-0.05, 0) is 25.3 Å². The highest BCUT2D eigenvalue weighted by Crippen LogP contribution is 2.43. The van der Waals surface area contributed by atoms with E-state index in [9.17, 15) is 13.2 Å². The summed E-state index contributed by atoms with van der Waals surface area (Å²) in [6.45, 7) is 2.72. The van der Waals surface area contributed by atoms with E-state index >= 15 is 0 Å². The first-order chi connectivity index (χ1) is 10.5. The third-order valence-electron chi connectivity index (χ3n) is 4.50. The number of nitrogens with zero attached hydrogens (tertiary/aromatic N) is 1. The maximum atomic E-state index is 12.5. The van der Waals surface area contributed by atoms with E-state index in [4.69, 9.17) is 4.74 Å². The van der Waals surface area contributed by atoms with Gasteiger partial charge in [-0.15, -0.1) is 0 Å². The number of hydrogen-bond acceptors (Lipinski definition) is 4. The van der Waals surface area contributed by atoms with Crippen molar-refractivity contribution < 1.29 is 17.9 Å². The minimum atomic E-state index is -3.29.